The molecule has 1 N–H and O–H groups in total. The molecule has 0 unspecified atom stereocenters. The Morgan fingerprint density at radius 3 is 2.62 bits per heavy atom. The van der Waals surface area contributed by atoms with Gasteiger partial charge in [-0.25, -0.2) is 4.39 Å². The number of benzene rings is 2. The highest BCUT2D eigenvalue weighted by atomic mass is 35.5. The van der Waals surface area contributed by atoms with Crippen molar-refractivity contribution in [2.24, 2.45) is 0 Å². The lowest BCUT2D eigenvalue weighted by atomic mass is 10.1. The zero-order chi connectivity index (χ0) is 17.7. The maximum atomic E-state index is 13.8. The second-order valence-electron chi connectivity index (χ2n) is 5.72. The van der Waals surface area contributed by atoms with Gasteiger partial charge in [0.15, 0.2) is 0 Å². The fourth-order valence-corrected chi connectivity index (χ4v) is 2.82. The van der Waals surface area contributed by atoms with Gasteiger partial charge in [0, 0.05) is 22.2 Å². The Morgan fingerprint density at radius 1 is 1.25 bits per heavy atom. The van der Waals surface area contributed by atoms with Crippen LogP contribution >= 0.6 is 23.2 Å². The van der Waals surface area contributed by atoms with E-state index in [2.05, 4.69) is 5.32 Å². The van der Waals surface area contributed by atoms with Crippen molar-refractivity contribution >= 4 is 29.1 Å². The fourth-order valence-electron chi connectivity index (χ4n) is 2.40. The van der Waals surface area contributed by atoms with Gasteiger partial charge in [0.2, 0.25) is 5.91 Å². The van der Waals surface area contributed by atoms with Crippen LogP contribution in [0.25, 0.3) is 0 Å². The lowest BCUT2D eigenvalue weighted by Gasteiger charge is -2.20. The molecule has 0 aliphatic carbocycles. The van der Waals surface area contributed by atoms with Gasteiger partial charge in [-0.1, -0.05) is 41.4 Å². The van der Waals surface area contributed by atoms with Crippen LogP contribution in [0.2, 0.25) is 10.0 Å². The molecule has 0 saturated heterocycles. The quantitative estimate of drug-likeness (QED) is 0.817. The van der Waals surface area contributed by atoms with Crippen LogP contribution in [-0.4, -0.2) is 24.4 Å². The minimum Gasteiger partial charge on any atom is -0.348 e. The van der Waals surface area contributed by atoms with Gasteiger partial charge in [-0.2, -0.15) is 0 Å². The molecule has 2 rings (SSSR count). The van der Waals surface area contributed by atoms with Crippen LogP contribution in [0.4, 0.5) is 4.39 Å². The largest absolute Gasteiger partial charge is 0.348 e. The van der Waals surface area contributed by atoms with Crippen molar-refractivity contribution in [1.82, 2.24) is 10.2 Å². The average molecular weight is 369 g/mol. The van der Waals surface area contributed by atoms with Crippen LogP contribution in [0, 0.1) is 5.82 Å². The average Bonchev–Trinajstić information content (AvgIpc) is 2.51. The summed E-state index contributed by atoms with van der Waals surface area (Å²) in [5, 5.41) is 3.88. The maximum absolute atomic E-state index is 13.8. The normalized spacial score (nSPS) is 12.2. The van der Waals surface area contributed by atoms with Gasteiger partial charge in [-0.05, 0) is 43.8 Å². The summed E-state index contributed by atoms with van der Waals surface area (Å²) in [6.07, 6.45) is 0. The molecule has 0 heterocycles. The molecule has 0 saturated carbocycles. The molecule has 0 radical (unpaired) electrons. The molecule has 6 heteroatoms. The van der Waals surface area contributed by atoms with Gasteiger partial charge in [0.25, 0.3) is 0 Å². The lowest BCUT2D eigenvalue weighted by molar-refractivity contribution is -0.122. The summed E-state index contributed by atoms with van der Waals surface area (Å²) in [4.78, 5) is 13.9. The summed E-state index contributed by atoms with van der Waals surface area (Å²) < 4.78 is 13.8. The predicted octanol–water partition coefficient (Wildman–Crippen LogP) is 4.44. The number of amides is 1. The third kappa shape index (κ3) is 5.20. The van der Waals surface area contributed by atoms with E-state index in [0.29, 0.717) is 15.6 Å². The summed E-state index contributed by atoms with van der Waals surface area (Å²) in [6.45, 7) is 2.28. The molecule has 0 bridgehead atoms. The van der Waals surface area contributed by atoms with Gasteiger partial charge in [0.05, 0.1) is 12.6 Å². The van der Waals surface area contributed by atoms with Gasteiger partial charge < -0.3 is 5.32 Å². The Balaban J connectivity index is 1.92. The fraction of sp³-hybridized carbons (Fsp3) is 0.278. The van der Waals surface area contributed by atoms with Crippen LogP contribution in [0.1, 0.15) is 24.1 Å². The summed E-state index contributed by atoms with van der Waals surface area (Å²) in [5.74, 6) is -0.528. The maximum Gasteiger partial charge on any atom is 0.234 e. The summed E-state index contributed by atoms with van der Waals surface area (Å²) in [6, 6.07) is 11.7. The first-order valence-electron chi connectivity index (χ1n) is 7.53. The number of nitrogens with zero attached hydrogens (tertiary/aromatic N) is 1. The standard InChI is InChI=1S/C18H19Cl2FN2O/c1-12(13-5-3-6-14(19)9-13)22-18(24)11-23(2)10-15-16(20)7-4-8-17(15)21/h3-9,12H,10-11H2,1-2H3,(H,22,24)/t12-/m1/s1. The summed E-state index contributed by atoms with van der Waals surface area (Å²) in [7, 11) is 1.74. The Labute approximate surface area is 151 Å². The van der Waals surface area contributed by atoms with E-state index in [4.69, 9.17) is 23.2 Å². The van der Waals surface area contributed by atoms with Crippen LogP contribution in [0.15, 0.2) is 42.5 Å². The first-order valence-corrected chi connectivity index (χ1v) is 8.28. The zero-order valence-electron chi connectivity index (χ0n) is 13.5. The van der Waals surface area contributed by atoms with Crippen LogP contribution in [0.3, 0.4) is 0 Å². The highest BCUT2D eigenvalue weighted by Gasteiger charge is 2.14. The number of carbonyl (C=O) groups excluding carboxylic acids is 1. The molecule has 128 valence electrons. The topological polar surface area (TPSA) is 32.3 Å². The van der Waals surface area contributed by atoms with E-state index in [-0.39, 0.29) is 30.9 Å². The van der Waals surface area contributed by atoms with Gasteiger partial charge in [-0.3, -0.25) is 9.69 Å². The molecule has 0 fully saturated rings. The van der Waals surface area contributed by atoms with E-state index >= 15 is 0 Å². The van der Waals surface area contributed by atoms with Crippen molar-refractivity contribution in [3.8, 4) is 0 Å². The zero-order valence-corrected chi connectivity index (χ0v) is 15.0. The molecule has 0 spiro atoms. The number of carbonyl (C=O) groups is 1. The van der Waals surface area contributed by atoms with Crippen LogP contribution in [0.5, 0.6) is 0 Å². The monoisotopic (exact) mass is 368 g/mol. The Kier molecular flexibility index (Phi) is 6.60. The van der Waals surface area contributed by atoms with Crippen molar-refractivity contribution in [2.45, 2.75) is 19.5 Å². The SMILES string of the molecule is C[C@@H](NC(=O)CN(C)Cc1c(F)cccc1Cl)c1cccc(Cl)c1. The Bertz CT molecular complexity index is 704. The van der Waals surface area contributed by atoms with E-state index in [1.54, 1.807) is 30.1 Å². The van der Waals surface area contributed by atoms with E-state index in [9.17, 15) is 9.18 Å². The van der Waals surface area contributed by atoms with Crippen LogP contribution in [-0.2, 0) is 11.3 Å². The number of halogens is 3. The highest BCUT2D eigenvalue weighted by molar-refractivity contribution is 6.31. The number of likely N-dealkylation sites (N-methyl/N-ethyl adjacent to an activating group) is 1. The second-order valence-corrected chi connectivity index (χ2v) is 6.56. The van der Waals surface area contributed by atoms with Gasteiger partial charge in [0.1, 0.15) is 5.82 Å². The van der Waals surface area contributed by atoms with Crippen molar-refractivity contribution in [3.05, 3.63) is 69.5 Å². The number of rotatable bonds is 6. The summed E-state index contributed by atoms with van der Waals surface area (Å²) >= 11 is 12.0. The first-order chi connectivity index (χ1) is 11.4. The molecule has 24 heavy (non-hydrogen) atoms. The Morgan fingerprint density at radius 2 is 1.96 bits per heavy atom. The molecule has 3 nitrogen and oxygen atoms in total. The molecule has 0 aliphatic rings. The highest BCUT2D eigenvalue weighted by Crippen LogP contribution is 2.20. The minimum absolute atomic E-state index is 0.134. The second kappa shape index (κ2) is 8.47. The minimum atomic E-state index is -0.373. The smallest absolute Gasteiger partial charge is 0.234 e. The van der Waals surface area contributed by atoms with Crippen LogP contribution < -0.4 is 5.32 Å². The molecule has 1 amide bonds. The van der Waals surface area contributed by atoms with Crippen molar-refractivity contribution in [1.29, 1.82) is 0 Å². The van der Waals surface area contributed by atoms with Gasteiger partial charge in [-0.15, -0.1) is 0 Å². The molecule has 0 aliphatic heterocycles. The van der Waals surface area contributed by atoms with E-state index < -0.39 is 0 Å². The molecular weight excluding hydrogens is 350 g/mol. The lowest BCUT2D eigenvalue weighted by Crippen LogP contribution is -2.36. The molecule has 1 atom stereocenters. The Hall–Kier alpha value is -1.62. The van der Waals surface area contributed by atoms with Crippen molar-refractivity contribution < 1.29 is 9.18 Å². The third-order valence-electron chi connectivity index (χ3n) is 3.63. The predicted molar refractivity (Wildman–Crippen MR) is 95.8 cm³/mol. The third-order valence-corrected chi connectivity index (χ3v) is 4.22. The first kappa shape index (κ1) is 18.7. The van der Waals surface area contributed by atoms with E-state index in [0.717, 1.165) is 5.56 Å². The summed E-state index contributed by atoms with van der Waals surface area (Å²) in [5.41, 5.74) is 1.31. The van der Waals surface area contributed by atoms with E-state index in [1.165, 1.54) is 6.07 Å². The molecule has 0 aromatic heterocycles. The van der Waals surface area contributed by atoms with Gasteiger partial charge >= 0.3 is 0 Å². The molecular formula is C18H19Cl2FN2O. The van der Waals surface area contributed by atoms with Crippen molar-refractivity contribution in [3.63, 3.8) is 0 Å². The number of nitrogens with one attached hydrogen (secondary N) is 1. The molecule has 2 aromatic rings. The molecule has 2 aromatic carbocycles. The number of hydrogen-bond donors (Lipinski definition) is 1. The van der Waals surface area contributed by atoms with Crippen molar-refractivity contribution in [2.75, 3.05) is 13.6 Å². The number of hydrogen-bond acceptors (Lipinski definition) is 2. The van der Waals surface area contributed by atoms with E-state index in [1.807, 2.05) is 25.1 Å².